The molecule has 0 unspecified atom stereocenters. The summed E-state index contributed by atoms with van der Waals surface area (Å²) < 4.78 is 0. The number of hydrogen-bond donors (Lipinski definition) is 1. The van der Waals surface area contributed by atoms with E-state index in [0.717, 1.165) is 0 Å². The minimum absolute atomic E-state index is 0.0875. The number of nitrogens with zero attached hydrogens (tertiary/aromatic N) is 2. The van der Waals surface area contributed by atoms with Gasteiger partial charge in [-0.3, -0.25) is 0 Å². The molecule has 0 saturated carbocycles. The van der Waals surface area contributed by atoms with Crippen LogP contribution >= 0.6 is 11.6 Å². The van der Waals surface area contributed by atoms with Gasteiger partial charge in [-0.15, -0.1) is 0 Å². The van der Waals surface area contributed by atoms with Gasteiger partial charge in [-0.05, 0) is 12.1 Å². The first-order valence-corrected chi connectivity index (χ1v) is 5.15. The Kier molecular flexibility index (Phi) is 4.13. The van der Waals surface area contributed by atoms with E-state index in [0.29, 0.717) is 11.1 Å². The number of halogens is 1. The number of carboxylic acids is 1. The lowest BCUT2D eigenvalue weighted by atomic mass is 10.0. The Morgan fingerprint density at radius 3 is 2.59 bits per heavy atom. The molecule has 0 radical (unpaired) electrons. The number of rotatable bonds is 3. The summed E-state index contributed by atoms with van der Waals surface area (Å²) in [5.74, 6) is -1.06. The summed E-state index contributed by atoms with van der Waals surface area (Å²) in [6.07, 6.45) is 1.47. The van der Waals surface area contributed by atoms with E-state index in [2.05, 4.69) is 0 Å². The quantitative estimate of drug-likeness (QED) is 0.836. The van der Waals surface area contributed by atoms with Gasteiger partial charge < -0.3 is 10.0 Å². The van der Waals surface area contributed by atoms with Gasteiger partial charge in [0.15, 0.2) is 0 Å². The minimum atomic E-state index is -1.06. The van der Waals surface area contributed by atoms with Gasteiger partial charge in [-0.25, -0.2) is 4.79 Å². The molecule has 0 saturated heterocycles. The maximum absolute atomic E-state index is 11.1. The summed E-state index contributed by atoms with van der Waals surface area (Å²) in [4.78, 5) is 12.7. The van der Waals surface area contributed by atoms with Crippen LogP contribution in [-0.4, -0.2) is 30.1 Å². The molecule has 0 aliphatic rings. The van der Waals surface area contributed by atoms with Crippen LogP contribution in [-0.2, 0) is 4.79 Å². The maximum Gasteiger partial charge on any atom is 0.337 e. The van der Waals surface area contributed by atoms with Gasteiger partial charge in [0.1, 0.15) is 0 Å². The molecular weight excluding hydrogens is 240 g/mol. The molecule has 0 heterocycles. The molecule has 88 valence electrons. The Bertz CT molecular complexity index is 516. The number of hydrogen-bond acceptors (Lipinski definition) is 3. The molecule has 1 aromatic rings. The van der Waals surface area contributed by atoms with Crippen molar-refractivity contribution >= 4 is 23.1 Å². The smallest absolute Gasteiger partial charge is 0.337 e. The molecule has 4 nitrogen and oxygen atoms in total. The van der Waals surface area contributed by atoms with Crippen LogP contribution in [0, 0.1) is 11.3 Å². The van der Waals surface area contributed by atoms with Gasteiger partial charge >= 0.3 is 5.97 Å². The lowest BCUT2D eigenvalue weighted by Crippen LogP contribution is -2.08. The molecule has 0 amide bonds. The van der Waals surface area contributed by atoms with Crippen molar-refractivity contribution in [2.75, 3.05) is 14.1 Å². The van der Waals surface area contributed by atoms with E-state index >= 15 is 0 Å². The molecular formula is C12H11ClN2O2. The SMILES string of the molecule is CN(C)C=C(C(=O)O)c1ccc(C#N)cc1Cl. The summed E-state index contributed by atoms with van der Waals surface area (Å²) in [5, 5.41) is 18.1. The van der Waals surface area contributed by atoms with E-state index in [-0.39, 0.29) is 10.6 Å². The maximum atomic E-state index is 11.1. The van der Waals surface area contributed by atoms with Gasteiger partial charge in [0.05, 0.1) is 22.2 Å². The highest BCUT2D eigenvalue weighted by Gasteiger charge is 2.14. The molecule has 17 heavy (non-hydrogen) atoms. The average Bonchev–Trinajstić information content (AvgIpc) is 2.25. The highest BCUT2D eigenvalue weighted by atomic mass is 35.5. The minimum Gasteiger partial charge on any atom is -0.478 e. The number of nitriles is 1. The lowest BCUT2D eigenvalue weighted by Gasteiger charge is -2.10. The monoisotopic (exact) mass is 250 g/mol. The van der Waals surface area contributed by atoms with Crippen LogP contribution in [0.2, 0.25) is 5.02 Å². The van der Waals surface area contributed by atoms with E-state index in [1.807, 2.05) is 6.07 Å². The second-order valence-corrected chi connectivity index (χ2v) is 4.03. The molecule has 0 aromatic heterocycles. The Balaban J connectivity index is 3.31. The molecule has 5 heteroatoms. The van der Waals surface area contributed by atoms with Crippen molar-refractivity contribution in [3.63, 3.8) is 0 Å². The highest BCUT2D eigenvalue weighted by Crippen LogP contribution is 2.25. The van der Waals surface area contributed by atoms with Crippen molar-refractivity contribution in [3.05, 3.63) is 40.5 Å². The van der Waals surface area contributed by atoms with Crippen molar-refractivity contribution < 1.29 is 9.90 Å². The Labute approximate surface area is 104 Å². The Morgan fingerprint density at radius 1 is 1.53 bits per heavy atom. The third-order valence-corrected chi connectivity index (χ3v) is 2.32. The third kappa shape index (κ3) is 3.23. The normalized spacial score (nSPS) is 10.8. The first-order chi connectivity index (χ1) is 7.95. The first-order valence-electron chi connectivity index (χ1n) is 4.77. The average molecular weight is 251 g/mol. The van der Waals surface area contributed by atoms with Crippen molar-refractivity contribution in [1.82, 2.24) is 4.90 Å². The van der Waals surface area contributed by atoms with Crippen LogP contribution in [0.15, 0.2) is 24.4 Å². The number of benzene rings is 1. The standard InChI is InChI=1S/C12H11ClN2O2/c1-15(2)7-10(12(16)17)9-4-3-8(6-14)5-11(9)13/h3-5,7H,1-2H3,(H,16,17). The topological polar surface area (TPSA) is 64.3 Å². The van der Waals surface area contributed by atoms with E-state index in [4.69, 9.17) is 22.0 Å². The fraction of sp³-hybridized carbons (Fsp3) is 0.167. The second kappa shape index (κ2) is 5.37. The fourth-order valence-corrected chi connectivity index (χ4v) is 1.58. The van der Waals surface area contributed by atoms with Crippen LogP contribution in [0.25, 0.3) is 5.57 Å². The largest absolute Gasteiger partial charge is 0.478 e. The molecule has 1 rings (SSSR count). The lowest BCUT2D eigenvalue weighted by molar-refractivity contribution is -0.130. The van der Waals surface area contributed by atoms with E-state index in [1.165, 1.54) is 24.4 Å². The molecule has 1 aromatic carbocycles. The molecule has 0 aliphatic heterocycles. The summed E-state index contributed by atoms with van der Waals surface area (Å²) in [5.41, 5.74) is 0.879. The molecule has 0 fully saturated rings. The third-order valence-electron chi connectivity index (χ3n) is 2.01. The summed E-state index contributed by atoms with van der Waals surface area (Å²) in [6, 6.07) is 6.46. The first kappa shape index (κ1) is 13.1. The second-order valence-electron chi connectivity index (χ2n) is 3.62. The van der Waals surface area contributed by atoms with E-state index in [9.17, 15) is 4.79 Å². The zero-order chi connectivity index (χ0) is 13.0. The van der Waals surface area contributed by atoms with E-state index < -0.39 is 5.97 Å². The van der Waals surface area contributed by atoms with Gasteiger partial charge in [0.2, 0.25) is 0 Å². The zero-order valence-electron chi connectivity index (χ0n) is 9.44. The predicted octanol–water partition coefficient (Wildman–Crippen LogP) is 2.20. The molecule has 0 aliphatic carbocycles. The summed E-state index contributed by atoms with van der Waals surface area (Å²) >= 11 is 5.96. The summed E-state index contributed by atoms with van der Waals surface area (Å²) in [7, 11) is 3.45. The zero-order valence-corrected chi connectivity index (χ0v) is 10.2. The number of carbonyl (C=O) groups is 1. The van der Waals surface area contributed by atoms with Crippen LogP contribution in [0.5, 0.6) is 0 Å². The fourth-order valence-electron chi connectivity index (χ4n) is 1.30. The molecule has 0 atom stereocenters. The van der Waals surface area contributed by atoms with Gasteiger partial charge in [-0.1, -0.05) is 17.7 Å². The van der Waals surface area contributed by atoms with Crippen LogP contribution in [0.3, 0.4) is 0 Å². The molecule has 0 bridgehead atoms. The van der Waals surface area contributed by atoms with Gasteiger partial charge in [0, 0.05) is 25.9 Å². The highest BCUT2D eigenvalue weighted by molar-refractivity contribution is 6.34. The predicted molar refractivity (Wildman–Crippen MR) is 65.5 cm³/mol. The van der Waals surface area contributed by atoms with Crippen LogP contribution in [0.1, 0.15) is 11.1 Å². The Hall–Kier alpha value is -1.99. The van der Waals surface area contributed by atoms with Crippen LogP contribution in [0.4, 0.5) is 0 Å². The molecule has 1 N–H and O–H groups in total. The van der Waals surface area contributed by atoms with E-state index in [1.54, 1.807) is 19.0 Å². The molecule has 0 spiro atoms. The van der Waals surface area contributed by atoms with Crippen molar-refractivity contribution in [3.8, 4) is 6.07 Å². The van der Waals surface area contributed by atoms with Gasteiger partial charge in [0.25, 0.3) is 0 Å². The van der Waals surface area contributed by atoms with Crippen molar-refractivity contribution in [1.29, 1.82) is 5.26 Å². The number of aliphatic carboxylic acids is 1. The van der Waals surface area contributed by atoms with Crippen molar-refractivity contribution in [2.45, 2.75) is 0 Å². The Morgan fingerprint density at radius 2 is 2.18 bits per heavy atom. The van der Waals surface area contributed by atoms with Crippen LogP contribution < -0.4 is 0 Å². The van der Waals surface area contributed by atoms with Gasteiger partial charge in [-0.2, -0.15) is 5.26 Å². The number of carboxylic acid groups (broad SMARTS) is 1. The van der Waals surface area contributed by atoms with Crippen molar-refractivity contribution in [2.24, 2.45) is 0 Å². The summed E-state index contributed by atoms with van der Waals surface area (Å²) in [6.45, 7) is 0.